The van der Waals surface area contributed by atoms with Crippen LogP contribution in [0.4, 0.5) is 5.69 Å². The number of nitrogens with zero attached hydrogens (tertiary/aromatic N) is 2. The second-order valence-electron chi connectivity index (χ2n) is 5.78. The molecule has 0 saturated heterocycles. The van der Waals surface area contributed by atoms with Crippen molar-refractivity contribution in [2.24, 2.45) is 0 Å². The third-order valence-corrected chi connectivity index (χ3v) is 5.40. The zero-order chi connectivity index (χ0) is 18.7. The van der Waals surface area contributed by atoms with Crippen LogP contribution in [-0.4, -0.2) is 4.98 Å². The van der Waals surface area contributed by atoms with Crippen LogP contribution in [-0.2, 0) is 0 Å². The quantitative estimate of drug-likeness (QED) is 0.495. The molecular weight excluding hydrogens is 385 g/mol. The summed E-state index contributed by atoms with van der Waals surface area (Å²) in [6.07, 6.45) is 1.60. The number of aromatic nitrogens is 1. The van der Waals surface area contributed by atoms with Gasteiger partial charge < -0.3 is 5.32 Å². The number of allylic oxidation sites excluding steroid dienone is 1. The fourth-order valence-corrected chi connectivity index (χ4v) is 3.47. The van der Waals surface area contributed by atoms with Gasteiger partial charge in [0, 0.05) is 22.2 Å². The highest BCUT2D eigenvalue weighted by Gasteiger charge is 2.10. The number of nitrogens with one attached hydrogen (secondary N) is 1. The Morgan fingerprint density at radius 3 is 2.69 bits per heavy atom. The number of nitriles is 1. The van der Waals surface area contributed by atoms with Crippen molar-refractivity contribution in [1.29, 1.82) is 5.26 Å². The molecule has 6 heteroatoms. The fourth-order valence-electron chi connectivity index (χ4n) is 2.33. The van der Waals surface area contributed by atoms with Gasteiger partial charge in [0.2, 0.25) is 0 Å². The average molecular weight is 400 g/mol. The number of halogens is 2. The lowest BCUT2D eigenvalue weighted by Gasteiger charge is -2.05. The molecule has 0 fully saturated rings. The lowest BCUT2D eigenvalue weighted by molar-refractivity contribution is 1.31. The standard InChI is InChI=1S/C20H15Cl2N3S/c1-12-3-4-14(7-13(12)2)19-11-26-20(25-19)15(9-23)10-24-18-8-16(21)5-6-17(18)22/h3-8,10-11,24H,1-2H3/b15-10-. The van der Waals surface area contributed by atoms with E-state index >= 15 is 0 Å². The number of hydrogen-bond donors (Lipinski definition) is 1. The molecule has 0 atom stereocenters. The molecule has 1 aromatic heterocycles. The minimum absolute atomic E-state index is 0.432. The summed E-state index contributed by atoms with van der Waals surface area (Å²) in [5.74, 6) is 0. The maximum absolute atomic E-state index is 9.49. The van der Waals surface area contributed by atoms with Crippen LogP contribution in [0.1, 0.15) is 16.1 Å². The van der Waals surface area contributed by atoms with Gasteiger partial charge in [0.25, 0.3) is 0 Å². The lowest BCUT2D eigenvalue weighted by Crippen LogP contribution is -1.92. The maximum Gasteiger partial charge on any atom is 0.136 e. The average Bonchev–Trinajstić information content (AvgIpc) is 3.10. The Morgan fingerprint density at radius 1 is 1.15 bits per heavy atom. The highest BCUT2D eigenvalue weighted by Crippen LogP contribution is 2.29. The van der Waals surface area contributed by atoms with Gasteiger partial charge in [0.05, 0.1) is 16.4 Å². The molecule has 0 amide bonds. The van der Waals surface area contributed by atoms with Crippen molar-refractivity contribution in [2.75, 3.05) is 5.32 Å². The van der Waals surface area contributed by atoms with E-state index < -0.39 is 0 Å². The molecule has 0 saturated carbocycles. The summed E-state index contributed by atoms with van der Waals surface area (Å²) in [6, 6.07) is 13.5. The van der Waals surface area contributed by atoms with E-state index in [1.54, 1.807) is 24.4 Å². The Morgan fingerprint density at radius 2 is 1.96 bits per heavy atom. The number of hydrogen-bond acceptors (Lipinski definition) is 4. The van der Waals surface area contributed by atoms with Gasteiger partial charge in [-0.3, -0.25) is 0 Å². The van der Waals surface area contributed by atoms with Crippen molar-refractivity contribution in [3.63, 3.8) is 0 Å². The Balaban J connectivity index is 1.87. The van der Waals surface area contributed by atoms with Crippen LogP contribution >= 0.6 is 34.5 Å². The summed E-state index contributed by atoms with van der Waals surface area (Å²) in [4.78, 5) is 4.60. The first-order chi connectivity index (χ1) is 12.5. The summed E-state index contributed by atoms with van der Waals surface area (Å²) in [7, 11) is 0. The highest BCUT2D eigenvalue weighted by atomic mass is 35.5. The summed E-state index contributed by atoms with van der Waals surface area (Å²) >= 11 is 13.5. The van der Waals surface area contributed by atoms with Crippen LogP contribution in [0.2, 0.25) is 10.0 Å². The van der Waals surface area contributed by atoms with Gasteiger partial charge in [0.15, 0.2) is 0 Å². The minimum Gasteiger partial charge on any atom is -0.359 e. The van der Waals surface area contributed by atoms with Crippen LogP contribution in [0.5, 0.6) is 0 Å². The minimum atomic E-state index is 0.432. The van der Waals surface area contributed by atoms with E-state index in [9.17, 15) is 5.26 Å². The first-order valence-electron chi connectivity index (χ1n) is 7.83. The number of anilines is 1. The van der Waals surface area contributed by atoms with Gasteiger partial charge in [-0.05, 0) is 49.2 Å². The second kappa shape index (κ2) is 7.92. The maximum atomic E-state index is 9.49. The Labute approximate surface area is 166 Å². The van der Waals surface area contributed by atoms with Crippen LogP contribution in [0.3, 0.4) is 0 Å². The normalized spacial score (nSPS) is 11.3. The largest absolute Gasteiger partial charge is 0.359 e. The van der Waals surface area contributed by atoms with Gasteiger partial charge in [-0.2, -0.15) is 5.26 Å². The zero-order valence-corrected chi connectivity index (χ0v) is 16.5. The van der Waals surface area contributed by atoms with Gasteiger partial charge in [-0.15, -0.1) is 11.3 Å². The molecule has 0 aliphatic rings. The van der Waals surface area contributed by atoms with Crippen LogP contribution in [0.15, 0.2) is 48.0 Å². The van der Waals surface area contributed by atoms with Crippen molar-refractivity contribution in [2.45, 2.75) is 13.8 Å². The molecule has 2 aromatic carbocycles. The van der Waals surface area contributed by atoms with E-state index in [0.717, 1.165) is 11.3 Å². The molecule has 0 bridgehead atoms. The molecule has 1 heterocycles. The molecule has 26 heavy (non-hydrogen) atoms. The first kappa shape index (κ1) is 18.5. The molecule has 3 aromatic rings. The van der Waals surface area contributed by atoms with Crippen LogP contribution in [0, 0.1) is 25.2 Å². The van der Waals surface area contributed by atoms with Crippen molar-refractivity contribution in [3.8, 4) is 17.3 Å². The van der Waals surface area contributed by atoms with Crippen LogP contribution < -0.4 is 5.32 Å². The number of aryl methyl sites for hydroxylation is 2. The molecular formula is C20H15Cl2N3S. The van der Waals surface area contributed by atoms with Crippen molar-refractivity contribution < 1.29 is 0 Å². The Kier molecular flexibility index (Phi) is 5.63. The molecule has 0 aliphatic carbocycles. The van der Waals surface area contributed by atoms with E-state index in [4.69, 9.17) is 23.2 Å². The predicted molar refractivity (Wildman–Crippen MR) is 111 cm³/mol. The molecule has 3 nitrogen and oxygen atoms in total. The SMILES string of the molecule is Cc1ccc(-c2csc(/C(C#N)=C\Nc3cc(Cl)ccc3Cl)n2)cc1C. The van der Waals surface area contributed by atoms with Gasteiger partial charge in [-0.25, -0.2) is 4.98 Å². The van der Waals surface area contributed by atoms with Crippen LogP contribution in [0.25, 0.3) is 16.8 Å². The predicted octanol–water partition coefficient (Wildman–Crippen LogP) is 6.71. The molecule has 3 rings (SSSR count). The summed E-state index contributed by atoms with van der Waals surface area (Å²) in [5, 5.41) is 16.2. The number of rotatable bonds is 4. The second-order valence-corrected chi connectivity index (χ2v) is 7.48. The molecule has 1 N–H and O–H groups in total. The smallest absolute Gasteiger partial charge is 0.136 e. The highest BCUT2D eigenvalue weighted by molar-refractivity contribution is 7.11. The zero-order valence-electron chi connectivity index (χ0n) is 14.2. The molecule has 0 aliphatic heterocycles. The van der Waals surface area contributed by atoms with E-state index in [2.05, 4.69) is 42.4 Å². The topological polar surface area (TPSA) is 48.7 Å². The molecule has 0 spiro atoms. The number of thiazole rings is 1. The van der Waals surface area contributed by atoms with E-state index in [1.165, 1.54) is 22.5 Å². The lowest BCUT2D eigenvalue weighted by atomic mass is 10.1. The van der Waals surface area contributed by atoms with Crippen molar-refractivity contribution in [1.82, 2.24) is 4.98 Å². The molecule has 0 radical (unpaired) electrons. The van der Waals surface area contributed by atoms with Gasteiger partial charge in [-0.1, -0.05) is 35.3 Å². The van der Waals surface area contributed by atoms with Crippen molar-refractivity contribution in [3.05, 3.63) is 74.2 Å². The van der Waals surface area contributed by atoms with Gasteiger partial charge >= 0.3 is 0 Å². The first-order valence-corrected chi connectivity index (χ1v) is 9.47. The fraction of sp³-hybridized carbons (Fsp3) is 0.100. The summed E-state index contributed by atoms with van der Waals surface area (Å²) in [6.45, 7) is 4.15. The van der Waals surface area contributed by atoms with Crippen molar-refractivity contribution >= 4 is 45.8 Å². The summed E-state index contributed by atoms with van der Waals surface area (Å²) in [5.41, 5.74) is 5.42. The Bertz CT molecular complexity index is 1030. The van der Waals surface area contributed by atoms with E-state index in [0.29, 0.717) is 26.3 Å². The molecule has 0 unspecified atom stereocenters. The number of benzene rings is 2. The van der Waals surface area contributed by atoms with E-state index in [1.807, 2.05) is 11.4 Å². The monoisotopic (exact) mass is 399 g/mol. The third-order valence-electron chi connectivity index (χ3n) is 3.96. The van der Waals surface area contributed by atoms with E-state index in [-0.39, 0.29) is 0 Å². The third kappa shape index (κ3) is 4.08. The Hall–Kier alpha value is -2.32. The van der Waals surface area contributed by atoms with Gasteiger partial charge in [0.1, 0.15) is 16.6 Å². The molecule has 130 valence electrons. The summed E-state index contributed by atoms with van der Waals surface area (Å²) < 4.78 is 0.